The molecule has 0 aromatic heterocycles. The number of nitrogens with one attached hydrogen (secondary N) is 1. The predicted molar refractivity (Wildman–Crippen MR) is 167 cm³/mol. The van der Waals surface area contributed by atoms with E-state index in [2.05, 4.69) is 5.32 Å². The van der Waals surface area contributed by atoms with Crippen molar-refractivity contribution in [2.75, 3.05) is 17.4 Å². The third-order valence-corrected chi connectivity index (χ3v) is 9.16. The summed E-state index contributed by atoms with van der Waals surface area (Å²) >= 11 is 13.0. The number of anilines is 1. The lowest BCUT2D eigenvalue weighted by Crippen LogP contribution is -2.53. The highest BCUT2D eigenvalue weighted by Gasteiger charge is 2.35. The zero-order valence-corrected chi connectivity index (χ0v) is 25.3. The third-order valence-electron chi connectivity index (χ3n) is 6.67. The van der Waals surface area contributed by atoms with Crippen molar-refractivity contribution in [3.8, 4) is 0 Å². The van der Waals surface area contributed by atoms with E-state index in [0.717, 1.165) is 9.87 Å². The molecule has 0 aliphatic carbocycles. The van der Waals surface area contributed by atoms with Crippen LogP contribution in [0.2, 0.25) is 10.0 Å². The molecule has 0 spiro atoms. The Balaban J connectivity index is 1.81. The number of amides is 2. The van der Waals surface area contributed by atoms with Crippen molar-refractivity contribution in [2.24, 2.45) is 0 Å². The minimum absolute atomic E-state index is 0.0342. The first-order chi connectivity index (χ1) is 20.2. The van der Waals surface area contributed by atoms with Crippen LogP contribution in [0.5, 0.6) is 0 Å². The Labute approximate surface area is 256 Å². The quantitative estimate of drug-likeness (QED) is 0.211. The molecular formula is C32H31Cl2N3O4S. The zero-order valence-electron chi connectivity index (χ0n) is 23.0. The Morgan fingerprint density at radius 1 is 0.786 bits per heavy atom. The van der Waals surface area contributed by atoms with Crippen molar-refractivity contribution in [3.63, 3.8) is 0 Å². The van der Waals surface area contributed by atoms with Gasteiger partial charge in [-0.15, -0.1) is 0 Å². The van der Waals surface area contributed by atoms with Crippen molar-refractivity contribution < 1.29 is 18.0 Å². The molecule has 0 unspecified atom stereocenters. The van der Waals surface area contributed by atoms with Crippen molar-refractivity contribution >= 4 is 50.7 Å². The molecule has 0 bridgehead atoms. The van der Waals surface area contributed by atoms with E-state index in [4.69, 9.17) is 23.2 Å². The van der Waals surface area contributed by atoms with Gasteiger partial charge in [-0.3, -0.25) is 13.9 Å². The van der Waals surface area contributed by atoms with E-state index in [-0.39, 0.29) is 23.8 Å². The Morgan fingerprint density at radius 3 is 1.90 bits per heavy atom. The third kappa shape index (κ3) is 7.50. The van der Waals surface area contributed by atoms with Gasteiger partial charge in [0.15, 0.2) is 0 Å². The second-order valence-corrected chi connectivity index (χ2v) is 12.2. The molecule has 0 saturated heterocycles. The molecule has 0 aliphatic rings. The molecule has 4 rings (SSSR count). The molecule has 10 heteroatoms. The molecule has 0 aliphatic heterocycles. The number of halogens is 2. The molecule has 1 atom stereocenters. The van der Waals surface area contributed by atoms with Crippen LogP contribution in [0.25, 0.3) is 0 Å². The maximum Gasteiger partial charge on any atom is 0.264 e. The maximum atomic E-state index is 14.3. The summed E-state index contributed by atoms with van der Waals surface area (Å²) in [5, 5.41) is 3.48. The molecule has 0 heterocycles. The van der Waals surface area contributed by atoms with Crippen LogP contribution in [0.3, 0.4) is 0 Å². The number of benzene rings is 4. The molecule has 4 aromatic rings. The molecule has 0 radical (unpaired) electrons. The topological polar surface area (TPSA) is 86.8 Å². The first kappa shape index (κ1) is 31.1. The van der Waals surface area contributed by atoms with Crippen molar-refractivity contribution in [1.82, 2.24) is 10.2 Å². The molecule has 4 aromatic carbocycles. The standard InChI is InChI=1S/C32H31Cl2N3O4S/c1-2-35-32(39)30(21-24-13-6-3-7-14-24)36(22-27-28(33)19-12-20-29(27)34)31(38)23-37(25-15-8-4-9-16-25)42(40,41)26-17-10-5-11-18-26/h3-20,30H,2,21-23H2,1H3,(H,35,39)/t30-/m0/s1. The summed E-state index contributed by atoms with van der Waals surface area (Å²) in [7, 11) is -4.15. The van der Waals surface area contributed by atoms with Gasteiger partial charge in [-0.1, -0.05) is 96.0 Å². The summed E-state index contributed by atoms with van der Waals surface area (Å²) in [5.74, 6) is -0.975. The fraction of sp³-hybridized carbons (Fsp3) is 0.188. The van der Waals surface area contributed by atoms with Gasteiger partial charge >= 0.3 is 0 Å². The summed E-state index contributed by atoms with van der Waals surface area (Å²) < 4.78 is 28.8. The van der Waals surface area contributed by atoms with Gasteiger partial charge in [-0.2, -0.15) is 0 Å². The highest BCUT2D eigenvalue weighted by Crippen LogP contribution is 2.29. The fourth-order valence-corrected chi connectivity index (χ4v) is 6.49. The van der Waals surface area contributed by atoms with E-state index in [1.54, 1.807) is 73.7 Å². The summed E-state index contributed by atoms with van der Waals surface area (Å²) in [6, 6.07) is 29.6. The second kappa shape index (κ2) is 14.4. The van der Waals surface area contributed by atoms with Crippen LogP contribution in [0.15, 0.2) is 114 Å². The van der Waals surface area contributed by atoms with E-state index in [9.17, 15) is 18.0 Å². The van der Waals surface area contributed by atoms with E-state index in [0.29, 0.717) is 27.8 Å². The molecule has 7 nitrogen and oxygen atoms in total. The summed E-state index contributed by atoms with van der Waals surface area (Å²) in [4.78, 5) is 29.2. The van der Waals surface area contributed by atoms with Crippen molar-refractivity contribution in [2.45, 2.75) is 30.8 Å². The molecule has 1 N–H and O–H groups in total. The van der Waals surface area contributed by atoms with Gasteiger partial charge in [0.2, 0.25) is 11.8 Å². The fourth-order valence-electron chi connectivity index (χ4n) is 4.54. The number of sulfonamides is 1. The van der Waals surface area contributed by atoms with Crippen LogP contribution in [0.1, 0.15) is 18.1 Å². The SMILES string of the molecule is CCNC(=O)[C@H](Cc1ccccc1)N(Cc1c(Cl)cccc1Cl)C(=O)CN(c1ccccc1)S(=O)(=O)c1ccccc1. The Kier molecular flexibility index (Phi) is 10.6. The largest absolute Gasteiger partial charge is 0.355 e. The molecule has 0 saturated carbocycles. The Hall–Kier alpha value is -3.85. The number of rotatable bonds is 12. The van der Waals surface area contributed by atoms with Gasteiger partial charge in [0, 0.05) is 35.1 Å². The number of para-hydroxylation sites is 1. The summed E-state index contributed by atoms with van der Waals surface area (Å²) in [5.41, 5.74) is 1.59. The van der Waals surface area contributed by atoms with Crippen LogP contribution in [0.4, 0.5) is 5.69 Å². The maximum absolute atomic E-state index is 14.3. The van der Waals surface area contributed by atoms with Crippen LogP contribution < -0.4 is 9.62 Å². The normalized spacial score (nSPS) is 11.9. The van der Waals surface area contributed by atoms with E-state index in [1.165, 1.54) is 17.0 Å². The molecule has 2 amide bonds. The van der Waals surface area contributed by atoms with Crippen LogP contribution in [0, 0.1) is 0 Å². The lowest BCUT2D eigenvalue weighted by atomic mass is 10.0. The lowest BCUT2D eigenvalue weighted by Gasteiger charge is -2.34. The minimum Gasteiger partial charge on any atom is -0.355 e. The number of hydrogen-bond donors (Lipinski definition) is 1. The number of carbonyl (C=O) groups excluding carboxylic acids is 2. The Bertz CT molecular complexity index is 1580. The zero-order chi connectivity index (χ0) is 30.1. The molecular weight excluding hydrogens is 593 g/mol. The van der Waals surface area contributed by atoms with Crippen LogP contribution in [-0.4, -0.2) is 44.3 Å². The average molecular weight is 625 g/mol. The van der Waals surface area contributed by atoms with E-state index >= 15 is 0 Å². The minimum atomic E-state index is -4.15. The van der Waals surface area contributed by atoms with Gasteiger partial charge in [0.1, 0.15) is 12.6 Å². The predicted octanol–water partition coefficient (Wildman–Crippen LogP) is 5.96. The van der Waals surface area contributed by atoms with Gasteiger partial charge in [-0.25, -0.2) is 8.42 Å². The van der Waals surface area contributed by atoms with Gasteiger partial charge in [0.25, 0.3) is 10.0 Å². The first-order valence-electron chi connectivity index (χ1n) is 13.4. The molecule has 0 fully saturated rings. The second-order valence-electron chi connectivity index (χ2n) is 9.48. The molecule has 42 heavy (non-hydrogen) atoms. The average Bonchev–Trinajstić information content (AvgIpc) is 3.00. The lowest BCUT2D eigenvalue weighted by molar-refractivity contribution is -0.140. The van der Waals surface area contributed by atoms with Crippen LogP contribution >= 0.6 is 23.2 Å². The highest BCUT2D eigenvalue weighted by atomic mass is 35.5. The van der Waals surface area contributed by atoms with Crippen molar-refractivity contribution in [3.05, 3.63) is 130 Å². The van der Waals surface area contributed by atoms with Gasteiger partial charge in [-0.05, 0) is 48.9 Å². The first-order valence-corrected chi connectivity index (χ1v) is 15.6. The number of hydrogen-bond acceptors (Lipinski definition) is 4. The van der Waals surface area contributed by atoms with Gasteiger partial charge in [0.05, 0.1) is 10.6 Å². The monoisotopic (exact) mass is 623 g/mol. The summed E-state index contributed by atoms with van der Waals surface area (Å²) in [6.45, 7) is 1.46. The van der Waals surface area contributed by atoms with Gasteiger partial charge < -0.3 is 10.2 Å². The Morgan fingerprint density at radius 2 is 1.33 bits per heavy atom. The van der Waals surface area contributed by atoms with E-state index in [1.807, 2.05) is 30.3 Å². The van der Waals surface area contributed by atoms with E-state index < -0.39 is 28.5 Å². The smallest absolute Gasteiger partial charge is 0.264 e. The number of carbonyl (C=O) groups is 2. The summed E-state index contributed by atoms with van der Waals surface area (Å²) in [6.07, 6.45) is 0.192. The molecule has 218 valence electrons. The number of nitrogens with zero attached hydrogens (tertiary/aromatic N) is 2. The van der Waals surface area contributed by atoms with Crippen LogP contribution in [-0.2, 0) is 32.6 Å². The van der Waals surface area contributed by atoms with Crippen molar-refractivity contribution in [1.29, 1.82) is 0 Å². The number of likely N-dealkylation sites (N-methyl/N-ethyl adjacent to an activating group) is 1. The highest BCUT2D eigenvalue weighted by molar-refractivity contribution is 7.92.